The van der Waals surface area contributed by atoms with Crippen LogP contribution in [0.1, 0.15) is 5.69 Å². The average molecular weight is 191 g/mol. The molecule has 2 aromatic heterocycles. The minimum Gasteiger partial charge on any atom is -0.482 e. The van der Waals surface area contributed by atoms with E-state index in [1.54, 1.807) is 7.11 Å². The predicted octanol–water partition coefficient (Wildman–Crippen LogP) is 0.844. The zero-order valence-corrected chi connectivity index (χ0v) is 8.10. The maximum Gasteiger partial charge on any atom is 0.199 e. The van der Waals surface area contributed by atoms with Gasteiger partial charge in [-0.1, -0.05) is 6.07 Å². The van der Waals surface area contributed by atoms with Gasteiger partial charge in [-0.15, -0.1) is 0 Å². The van der Waals surface area contributed by atoms with Gasteiger partial charge in [-0.05, 0) is 18.7 Å². The Morgan fingerprint density at radius 3 is 3.07 bits per heavy atom. The first-order valence-electron chi connectivity index (χ1n) is 4.56. The van der Waals surface area contributed by atoms with Crippen molar-refractivity contribution in [3.05, 3.63) is 30.1 Å². The summed E-state index contributed by atoms with van der Waals surface area (Å²) >= 11 is 0. The second-order valence-corrected chi connectivity index (χ2v) is 3.05. The molecule has 0 bridgehead atoms. The molecule has 2 N–H and O–H groups in total. The molecule has 0 aromatic carbocycles. The maximum atomic E-state index is 5.52. The Bertz CT molecular complexity index is 436. The van der Waals surface area contributed by atoms with Crippen LogP contribution in [0.3, 0.4) is 0 Å². The number of ether oxygens (including phenoxy) is 1. The number of rotatable bonds is 3. The molecule has 74 valence electrons. The van der Waals surface area contributed by atoms with Gasteiger partial charge in [-0.3, -0.25) is 4.40 Å². The SMILES string of the molecule is COc1cccc2ncc(CCN)n12. The number of imidazole rings is 1. The highest BCUT2D eigenvalue weighted by molar-refractivity contribution is 5.44. The third kappa shape index (κ3) is 1.33. The second kappa shape index (κ2) is 3.67. The molecular weight excluding hydrogens is 178 g/mol. The smallest absolute Gasteiger partial charge is 0.199 e. The van der Waals surface area contributed by atoms with E-state index >= 15 is 0 Å². The summed E-state index contributed by atoms with van der Waals surface area (Å²) in [7, 11) is 1.65. The summed E-state index contributed by atoms with van der Waals surface area (Å²) in [6.07, 6.45) is 2.65. The van der Waals surface area contributed by atoms with Gasteiger partial charge in [0.1, 0.15) is 5.65 Å². The highest BCUT2D eigenvalue weighted by Crippen LogP contribution is 2.16. The molecule has 4 heteroatoms. The standard InChI is InChI=1S/C10H13N3O/c1-14-10-4-2-3-9-12-7-8(5-6-11)13(9)10/h2-4,7H,5-6,11H2,1H3. The number of nitrogens with two attached hydrogens (primary N) is 1. The first-order chi connectivity index (χ1) is 6.86. The van der Waals surface area contributed by atoms with Gasteiger partial charge in [0, 0.05) is 18.3 Å². The van der Waals surface area contributed by atoms with Crippen LogP contribution >= 0.6 is 0 Å². The number of pyridine rings is 1. The van der Waals surface area contributed by atoms with Gasteiger partial charge in [0.2, 0.25) is 0 Å². The van der Waals surface area contributed by atoms with Crippen LogP contribution in [0.25, 0.3) is 5.65 Å². The molecule has 2 rings (SSSR count). The summed E-state index contributed by atoms with van der Waals surface area (Å²) in [5.41, 5.74) is 7.50. The number of nitrogens with zero attached hydrogens (tertiary/aromatic N) is 2. The summed E-state index contributed by atoms with van der Waals surface area (Å²) in [6.45, 7) is 0.617. The Morgan fingerprint density at radius 1 is 1.50 bits per heavy atom. The van der Waals surface area contributed by atoms with E-state index in [2.05, 4.69) is 4.98 Å². The molecule has 0 saturated heterocycles. The van der Waals surface area contributed by atoms with Crippen molar-refractivity contribution in [3.63, 3.8) is 0 Å². The lowest BCUT2D eigenvalue weighted by molar-refractivity contribution is 0.390. The number of fused-ring (bicyclic) bond motifs is 1. The van der Waals surface area contributed by atoms with Crippen molar-refractivity contribution in [1.29, 1.82) is 0 Å². The van der Waals surface area contributed by atoms with Crippen LogP contribution in [0.15, 0.2) is 24.4 Å². The minimum atomic E-state index is 0.617. The molecule has 0 radical (unpaired) electrons. The van der Waals surface area contributed by atoms with Crippen LogP contribution in [0, 0.1) is 0 Å². The normalized spacial score (nSPS) is 10.7. The molecule has 2 heterocycles. The van der Waals surface area contributed by atoms with Crippen molar-refractivity contribution in [2.24, 2.45) is 5.73 Å². The number of hydrogen-bond donors (Lipinski definition) is 1. The molecule has 0 amide bonds. The molecule has 0 atom stereocenters. The summed E-state index contributed by atoms with van der Waals surface area (Å²) in [5, 5.41) is 0. The van der Waals surface area contributed by atoms with Gasteiger partial charge < -0.3 is 10.5 Å². The summed E-state index contributed by atoms with van der Waals surface area (Å²) in [6, 6.07) is 5.78. The molecule has 0 saturated carbocycles. The Balaban J connectivity index is 2.62. The lowest BCUT2D eigenvalue weighted by Gasteiger charge is -2.06. The van der Waals surface area contributed by atoms with Crippen LogP contribution in [-0.4, -0.2) is 23.0 Å². The maximum absolute atomic E-state index is 5.52. The molecule has 0 aliphatic carbocycles. The van der Waals surface area contributed by atoms with E-state index in [0.29, 0.717) is 6.54 Å². The van der Waals surface area contributed by atoms with E-state index in [1.165, 1.54) is 0 Å². The largest absolute Gasteiger partial charge is 0.482 e. The van der Waals surface area contributed by atoms with Crippen molar-refractivity contribution < 1.29 is 4.74 Å². The van der Waals surface area contributed by atoms with Gasteiger partial charge in [-0.2, -0.15) is 0 Å². The van der Waals surface area contributed by atoms with E-state index in [9.17, 15) is 0 Å². The van der Waals surface area contributed by atoms with Gasteiger partial charge in [0.25, 0.3) is 0 Å². The first-order valence-corrected chi connectivity index (χ1v) is 4.56. The van der Waals surface area contributed by atoms with Crippen molar-refractivity contribution >= 4 is 5.65 Å². The van der Waals surface area contributed by atoms with Gasteiger partial charge in [0.05, 0.1) is 7.11 Å². The van der Waals surface area contributed by atoms with Crippen LogP contribution in [0.2, 0.25) is 0 Å². The number of aromatic nitrogens is 2. The van der Waals surface area contributed by atoms with Crippen molar-refractivity contribution in [2.75, 3.05) is 13.7 Å². The lowest BCUT2D eigenvalue weighted by Crippen LogP contribution is -2.06. The third-order valence-corrected chi connectivity index (χ3v) is 2.18. The van der Waals surface area contributed by atoms with Gasteiger partial charge in [-0.25, -0.2) is 4.98 Å². The molecule has 0 spiro atoms. The zero-order valence-electron chi connectivity index (χ0n) is 8.10. The Labute approximate surface area is 82.3 Å². The molecule has 14 heavy (non-hydrogen) atoms. The van der Waals surface area contributed by atoms with E-state index in [4.69, 9.17) is 10.5 Å². The van der Waals surface area contributed by atoms with Crippen molar-refractivity contribution in [2.45, 2.75) is 6.42 Å². The third-order valence-electron chi connectivity index (χ3n) is 2.18. The summed E-state index contributed by atoms with van der Waals surface area (Å²) in [5.74, 6) is 0.795. The number of hydrogen-bond acceptors (Lipinski definition) is 3. The van der Waals surface area contributed by atoms with Crippen molar-refractivity contribution in [3.8, 4) is 5.88 Å². The Kier molecular flexibility index (Phi) is 2.37. The molecule has 4 nitrogen and oxygen atoms in total. The number of methoxy groups -OCH3 is 1. The zero-order chi connectivity index (χ0) is 9.97. The van der Waals surface area contributed by atoms with E-state index < -0.39 is 0 Å². The first kappa shape index (κ1) is 9.02. The van der Waals surface area contributed by atoms with Crippen LogP contribution < -0.4 is 10.5 Å². The van der Waals surface area contributed by atoms with E-state index in [0.717, 1.165) is 23.6 Å². The monoisotopic (exact) mass is 191 g/mol. The molecule has 0 fully saturated rings. The highest BCUT2D eigenvalue weighted by Gasteiger charge is 2.05. The van der Waals surface area contributed by atoms with Crippen LogP contribution in [-0.2, 0) is 6.42 Å². The van der Waals surface area contributed by atoms with Crippen molar-refractivity contribution in [1.82, 2.24) is 9.38 Å². The highest BCUT2D eigenvalue weighted by atomic mass is 16.5. The summed E-state index contributed by atoms with van der Waals surface area (Å²) < 4.78 is 7.23. The fourth-order valence-corrected chi connectivity index (χ4v) is 1.55. The molecule has 0 unspecified atom stereocenters. The van der Waals surface area contributed by atoms with E-state index in [1.807, 2.05) is 28.8 Å². The average Bonchev–Trinajstić information content (AvgIpc) is 2.62. The van der Waals surface area contributed by atoms with E-state index in [-0.39, 0.29) is 0 Å². The Morgan fingerprint density at radius 2 is 2.36 bits per heavy atom. The van der Waals surface area contributed by atoms with Crippen LogP contribution in [0.5, 0.6) is 5.88 Å². The fourth-order valence-electron chi connectivity index (χ4n) is 1.55. The fraction of sp³-hybridized carbons (Fsp3) is 0.300. The summed E-state index contributed by atoms with van der Waals surface area (Å²) in [4.78, 5) is 4.27. The quantitative estimate of drug-likeness (QED) is 0.782. The molecule has 2 aromatic rings. The predicted molar refractivity (Wildman–Crippen MR) is 54.5 cm³/mol. The van der Waals surface area contributed by atoms with Gasteiger partial charge in [0.15, 0.2) is 5.88 Å². The molecule has 0 aliphatic heterocycles. The topological polar surface area (TPSA) is 52.5 Å². The van der Waals surface area contributed by atoms with Gasteiger partial charge >= 0.3 is 0 Å². The minimum absolute atomic E-state index is 0.617. The molecule has 0 aliphatic rings. The molecular formula is C10H13N3O. The Hall–Kier alpha value is -1.55. The lowest BCUT2D eigenvalue weighted by atomic mass is 10.3. The van der Waals surface area contributed by atoms with Crippen LogP contribution in [0.4, 0.5) is 0 Å². The second-order valence-electron chi connectivity index (χ2n) is 3.05.